The highest BCUT2D eigenvalue weighted by Gasteiger charge is 2.31. The first kappa shape index (κ1) is 17.1. The molecule has 1 aromatic rings. The number of aliphatic imine (C=N–C) groups is 1. The molecule has 0 N–H and O–H groups in total. The Hall–Kier alpha value is -2.34. The number of ether oxygens (including phenoxy) is 3. The molecule has 6 heteroatoms. The second-order valence-electron chi connectivity index (χ2n) is 7.03. The average molecular weight is 356 g/mol. The van der Waals surface area contributed by atoms with E-state index in [2.05, 4.69) is 4.99 Å². The molecule has 3 aliphatic rings. The highest BCUT2D eigenvalue weighted by Crippen LogP contribution is 2.43. The van der Waals surface area contributed by atoms with Crippen LogP contribution in [0.5, 0.6) is 11.5 Å². The maximum absolute atomic E-state index is 12.5. The van der Waals surface area contributed by atoms with Crippen molar-refractivity contribution in [2.24, 2.45) is 10.9 Å². The third-order valence-corrected chi connectivity index (χ3v) is 5.33. The van der Waals surface area contributed by atoms with E-state index >= 15 is 0 Å². The molecule has 6 nitrogen and oxygen atoms in total. The second-order valence-corrected chi connectivity index (χ2v) is 7.03. The maximum Gasteiger partial charge on any atom is 0.265 e. The summed E-state index contributed by atoms with van der Waals surface area (Å²) in [5.41, 5.74) is 4.84. The summed E-state index contributed by atoms with van der Waals surface area (Å²) >= 11 is 0. The van der Waals surface area contributed by atoms with Crippen molar-refractivity contribution in [1.82, 2.24) is 0 Å². The fourth-order valence-electron chi connectivity index (χ4n) is 3.94. The van der Waals surface area contributed by atoms with Gasteiger partial charge in [-0.1, -0.05) is 0 Å². The zero-order valence-electron chi connectivity index (χ0n) is 15.5. The normalized spacial score (nSPS) is 20.3. The zero-order valence-corrected chi connectivity index (χ0v) is 15.5. The molecule has 1 amide bonds. The summed E-state index contributed by atoms with van der Waals surface area (Å²) in [4.78, 5) is 18.8. The van der Waals surface area contributed by atoms with Crippen LogP contribution < -0.4 is 14.4 Å². The van der Waals surface area contributed by atoms with Crippen LogP contribution in [0.4, 0.5) is 5.69 Å². The van der Waals surface area contributed by atoms with Crippen molar-refractivity contribution >= 4 is 22.9 Å². The number of methoxy groups -OCH3 is 1. The minimum absolute atomic E-state index is 0.00409. The zero-order chi connectivity index (χ0) is 18.3. The quantitative estimate of drug-likeness (QED) is 0.832. The number of carbonyl (C=O) groups excluding carboxylic acids is 1. The first-order chi connectivity index (χ1) is 12.6. The summed E-state index contributed by atoms with van der Waals surface area (Å²) in [5.74, 6) is 1.92. The summed E-state index contributed by atoms with van der Waals surface area (Å²) in [5, 5.41) is 0. The Labute approximate surface area is 153 Å². The Morgan fingerprint density at radius 3 is 2.69 bits per heavy atom. The van der Waals surface area contributed by atoms with Crippen LogP contribution in [0.3, 0.4) is 0 Å². The number of hydrogen-bond donors (Lipinski definition) is 0. The van der Waals surface area contributed by atoms with Gasteiger partial charge in [0.2, 0.25) is 0 Å². The summed E-state index contributed by atoms with van der Waals surface area (Å²) in [6, 6.07) is 3.90. The SMILES string of the molecule is COc1cc2c(cc1C1=C(C)N=C1C)OCC(=O)N2CC1CCOCC1. The van der Waals surface area contributed by atoms with Gasteiger partial charge in [0.15, 0.2) is 6.61 Å². The molecule has 0 bridgehead atoms. The predicted molar refractivity (Wildman–Crippen MR) is 100 cm³/mol. The van der Waals surface area contributed by atoms with Crippen LogP contribution in [0, 0.1) is 5.92 Å². The summed E-state index contributed by atoms with van der Waals surface area (Å²) < 4.78 is 16.8. The predicted octanol–water partition coefficient (Wildman–Crippen LogP) is 3.05. The molecule has 0 atom stereocenters. The van der Waals surface area contributed by atoms with E-state index in [4.69, 9.17) is 14.2 Å². The van der Waals surface area contributed by atoms with E-state index in [0.29, 0.717) is 12.5 Å². The molecule has 0 aliphatic carbocycles. The number of amides is 1. The lowest BCUT2D eigenvalue weighted by atomic mass is 9.93. The monoisotopic (exact) mass is 356 g/mol. The van der Waals surface area contributed by atoms with Gasteiger partial charge >= 0.3 is 0 Å². The van der Waals surface area contributed by atoms with Crippen molar-refractivity contribution in [2.45, 2.75) is 26.7 Å². The third-order valence-electron chi connectivity index (χ3n) is 5.33. The van der Waals surface area contributed by atoms with Gasteiger partial charge in [0.05, 0.1) is 12.8 Å². The molecule has 1 aromatic carbocycles. The Morgan fingerprint density at radius 1 is 1.27 bits per heavy atom. The number of hydrogen-bond acceptors (Lipinski definition) is 5. The molecule has 0 radical (unpaired) electrons. The van der Waals surface area contributed by atoms with E-state index in [9.17, 15) is 4.79 Å². The van der Waals surface area contributed by atoms with Gasteiger partial charge in [-0.3, -0.25) is 9.79 Å². The van der Waals surface area contributed by atoms with E-state index in [1.54, 1.807) is 7.11 Å². The Morgan fingerprint density at radius 2 is 2.04 bits per heavy atom. The van der Waals surface area contributed by atoms with Crippen LogP contribution in [0.25, 0.3) is 5.57 Å². The summed E-state index contributed by atoms with van der Waals surface area (Å²) in [6.45, 7) is 6.29. The van der Waals surface area contributed by atoms with Crippen LogP contribution >= 0.6 is 0 Å². The lowest BCUT2D eigenvalue weighted by Gasteiger charge is -2.34. The van der Waals surface area contributed by atoms with Gasteiger partial charge in [0.25, 0.3) is 5.91 Å². The molecular weight excluding hydrogens is 332 g/mol. The Kier molecular flexibility index (Phi) is 4.44. The minimum atomic E-state index is -0.00409. The van der Waals surface area contributed by atoms with Gasteiger partial charge in [-0.25, -0.2) is 0 Å². The summed E-state index contributed by atoms with van der Waals surface area (Å²) in [7, 11) is 1.65. The smallest absolute Gasteiger partial charge is 0.265 e. The van der Waals surface area contributed by atoms with E-state index in [1.807, 2.05) is 30.9 Å². The third kappa shape index (κ3) is 2.88. The van der Waals surface area contributed by atoms with Crippen molar-refractivity contribution in [2.75, 3.05) is 38.4 Å². The van der Waals surface area contributed by atoms with Gasteiger partial charge in [0.1, 0.15) is 11.5 Å². The molecule has 0 spiro atoms. The standard InChI is InChI=1S/C20H24N2O4/c1-12-20(13(2)21-12)15-8-18-16(9-17(15)24-3)22(19(23)11-26-18)10-14-4-6-25-7-5-14/h8-9,14H,4-7,10-11H2,1-3H3. The van der Waals surface area contributed by atoms with E-state index in [1.165, 1.54) is 0 Å². The van der Waals surface area contributed by atoms with Crippen molar-refractivity contribution in [3.8, 4) is 11.5 Å². The van der Waals surface area contributed by atoms with Gasteiger partial charge in [0, 0.05) is 48.4 Å². The van der Waals surface area contributed by atoms with E-state index in [0.717, 1.165) is 65.8 Å². The first-order valence-electron chi connectivity index (χ1n) is 9.08. The molecule has 0 aromatic heterocycles. The number of benzene rings is 1. The lowest BCUT2D eigenvalue weighted by Crippen LogP contribution is -2.42. The molecule has 3 heterocycles. The number of nitrogens with zero attached hydrogens (tertiary/aromatic N) is 2. The topological polar surface area (TPSA) is 60.4 Å². The summed E-state index contributed by atoms with van der Waals surface area (Å²) in [6.07, 6.45) is 1.97. The van der Waals surface area contributed by atoms with Gasteiger partial charge in [-0.15, -0.1) is 0 Å². The molecule has 26 heavy (non-hydrogen) atoms. The molecular formula is C20H24N2O4. The Balaban J connectivity index is 1.69. The van der Waals surface area contributed by atoms with Crippen LogP contribution in [0.2, 0.25) is 0 Å². The molecule has 0 saturated carbocycles. The van der Waals surface area contributed by atoms with E-state index in [-0.39, 0.29) is 12.5 Å². The van der Waals surface area contributed by atoms with Crippen LogP contribution in [-0.4, -0.2) is 45.1 Å². The van der Waals surface area contributed by atoms with Gasteiger partial charge in [-0.2, -0.15) is 0 Å². The molecule has 4 rings (SSSR count). The fourth-order valence-corrected chi connectivity index (χ4v) is 3.94. The average Bonchev–Trinajstić information content (AvgIpc) is 2.64. The first-order valence-corrected chi connectivity index (χ1v) is 9.08. The number of carbonyl (C=O) groups is 1. The highest BCUT2D eigenvalue weighted by atomic mass is 16.5. The Bertz CT molecular complexity index is 806. The van der Waals surface area contributed by atoms with Crippen molar-refractivity contribution in [3.05, 3.63) is 23.4 Å². The number of rotatable bonds is 4. The fraction of sp³-hybridized carbons (Fsp3) is 0.500. The molecule has 3 aliphatic heterocycles. The molecule has 1 fully saturated rings. The van der Waals surface area contributed by atoms with Crippen LogP contribution in [-0.2, 0) is 9.53 Å². The highest BCUT2D eigenvalue weighted by molar-refractivity contribution is 6.29. The van der Waals surface area contributed by atoms with Crippen molar-refractivity contribution < 1.29 is 19.0 Å². The van der Waals surface area contributed by atoms with Crippen molar-refractivity contribution in [3.63, 3.8) is 0 Å². The van der Waals surface area contributed by atoms with Crippen molar-refractivity contribution in [1.29, 1.82) is 0 Å². The minimum Gasteiger partial charge on any atom is -0.496 e. The molecule has 138 valence electrons. The number of fused-ring (bicyclic) bond motifs is 1. The largest absolute Gasteiger partial charge is 0.496 e. The maximum atomic E-state index is 12.5. The van der Waals surface area contributed by atoms with Crippen LogP contribution in [0.15, 0.2) is 22.8 Å². The van der Waals surface area contributed by atoms with Crippen LogP contribution in [0.1, 0.15) is 32.3 Å². The lowest BCUT2D eigenvalue weighted by molar-refractivity contribution is -0.121. The molecule has 1 saturated heterocycles. The van der Waals surface area contributed by atoms with E-state index < -0.39 is 0 Å². The van der Waals surface area contributed by atoms with Gasteiger partial charge in [-0.05, 0) is 38.7 Å². The number of anilines is 1. The van der Waals surface area contributed by atoms with Gasteiger partial charge < -0.3 is 19.1 Å². The number of allylic oxidation sites excluding steroid dienone is 2. The molecule has 0 unspecified atom stereocenters. The second kappa shape index (κ2) is 6.76.